The molecule has 0 bridgehead atoms. The average molecular weight is 771 g/mol. The number of ether oxygens (including phenoxy) is 4. The predicted molar refractivity (Wildman–Crippen MR) is 196 cm³/mol. The van der Waals surface area contributed by atoms with E-state index in [1.54, 1.807) is 0 Å². The third-order valence-electron chi connectivity index (χ3n) is 16.1. The van der Waals surface area contributed by atoms with E-state index in [1.807, 2.05) is 20.8 Å². The number of allylic oxidation sites excluding steroid dienone is 2. The standard InChI is InChI=1S/C41H70O13/c1-20(2)10-9-13-41(8,50)21-11-15-39(6)28(21)22(43)16-26-38(5)14-12-27(45)37(3,4)34(38)24(17-40(26,39)7)52-36-33(31(48)30(47)25(18-42)53-36)54-35-32(49)29(46)23(44)19-51-35/h10,21-36,42-50H,9,11-19H2,1-8H3/t21-,22-,23+,24-,25-,26-,27+,28+,29-,30-,31+,32+,33-,34+,35-,36-,38-,39-,40-,41+/m1/s1. The third-order valence-corrected chi connectivity index (χ3v) is 16.1. The van der Waals surface area contributed by atoms with Crippen LogP contribution in [0.2, 0.25) is 0 Å². The molecular weight excluding hydrogens is 700 g/mol. The summed E-state index contributed by atoms with van der Waals surface area (Å²) >= 11 is 0. The van der Waals surface area contributed by atoms with Crippen molar-refractivity contribution < 1.29 is 64.9 Å². The van der Waals surface area contributed by atoms with Crippen molar-refractivity contribution >= 4 is 0 Å². The van der Waals surface area contributed by atoms with Crippen molar-refractivity contribution in [3.8, 4) is 0 Å². The van der Waals surface area contributed by atoms with Crippen molar-refractivity contribution in [3.63, 3.8) is 0 Å². The lowest BCUT2D eigenvalue weighted by molar-refractivity contribution is -0.377. The van der Waals surface area contributed by atoms with Gasteiger partial charge in [-0.3, -0.25) is 0 Å². The smallest absolute Gasteiger partial charge is 0.187 e. The first-order valence-corrected chi connectivity index (χ1v) is 20.4. The fourth-order valence-corrected chi connectivity index (χ4v) is 13.1. The van der Waals surface area contributed by atoms with E-state index in [1.165, 1.54) is 5.57 Å². The van der Waals surface area contributed by atoms with E-state index < -0.39 is 107 Å². The van der Waals surface area contributed by atoms with Crippen molar-refractivity contribution in [2.24, 2.45) is 45.3 Å². The molecule has 6 fully saturated rings. The van der Waals surface area contributed by atoms with E-state index in [9.17, 15) is 46.0 Å². The van der Waals surface area contributed by atoms with Gasteiger partial charge in [0.2, 0.25) is 0 Å². The van der Waals surface area contributed by atoms with Gasteiger partial charge in [0.25, 0.3) is 0 Å². The summed E-state index contributed by atoms with van der Waals surface area (Å²) in [5.74, 6) is -0.513. The topological polar surface area (TPSA) is 219 Å². The van der Waals surface area contributed by atoms with Gasteiger partial charge in [-0.1, -0.05) is 46.3 Å². The Labute approximate surface area is 320 Å². The first-order chi connectivity index (χ1) is 25.0. The molecule has 13 nitrogen and oxygen atoms in total. The second-order valence-corrected chi connectivity index (χ2v) is 19.8. The maximum Gasteiger partial charge on any atom is 0.187 e. The molecule has 0 amide bonds. The first kappa shape index (κ1) is 42.8. The van der Waals surface area contributed by atoms with Crippen molar-refractivity contribution in [2.45, 2.75) is 186 Å². The van der Waals surface area contributed by atoms with Gasteiger partial charge < -0.3 is 64.9 Å². The van der Waals surface area contributed by atoms with E-state index in [0.717, 1.165) is 19.3 Å². The number of aliphatic hydroxyl groups is 9. The largest absolute Gasteiger partial charge is 0.394 e. The molecule has 9 N–H and O–H groups in total. The fraction of sp³-hybridized carbons (Fsp3) is 0.951. The molecule has 0 spiro atoms. The summed E-state index contributed by atoms with van der Waals surface area (Å²) in [4.78, 5) is 0. The Morgan fingerprint density at radius 3 is 2.17 bits per heavy atom. The highest BCUT2D eigenvalue weighted by Crippen LogP contribution is 2.76. The quantitative estimate of drug-likeness (QED) is 0.121. The van der Waals surface area contributed by atoms with Crippen molar-refractivity contribution in [1.82, 2.24) is 0 Å². The van der Waals surface area contributed by atoms with Crippen LogP contribution in [0.15, 0.2) is 11.6 Å². The highest BCUT2D eigenvalue weighted by atomic mass is 16.8. The highest BCUT2D eigenvalue weighted by Gasteiger charge is 2.73. The summed E-state index contributed by atoms with van der Waals surface area (Å²) in [5, 5.41) is 99.6. The van der Waals surface area contributed by atoms with Gasteiger partial charge in [-0.25, -0.2) is 0 Å². The van der Waals surface area contributed by atoms with Crippen molar-refractivity contribution in [1.29, 1.82) is 0 Å². The molecule has 2 saturated heterocycles. The van der Waals surface area contributed by atoms with Crippen LogP contribution in [-0.2, 0) is 18.9 Å². The number of rotatable bonds is 9. The molecule has 20 atom stereocenters. The molecule has 2 aliphatic heterocycles. The molecule has 4 aliphatic carbocycles. The van der Waals surface area contributed by atoms with Crippen LogP contribution >= 0.6 is 0 Å². The van der Waals surface area contributed by atoms with Crippen LogP contribution in [0.3, 0.4) is 0 Å². The fourth-order valence-electron chi connectivity index (χ4n) is 13.1. The Bertz CT molecular complexity index is 1350. The monoisotopic (exact) mass is 770 g/mol. The molecule has 312 valence electrons. The van der Waals surface area contributed by atoms with E-state index in [2.05, 4.69) is 40.7 Å². The zero-order valence-corrected chi connectivity index (χ0v) is 33.5. The second kappa shape index (κ2) is 15.1. The molecule has 0 radical (unpaired) electrons. The molecule has 0 unspecified atom stereocenters. The number of hydrogen-bond donors (Lipinski definition) is 9. The zero-order chi connectivity index (χ0) is 39.9. The SMILES string of the molecule is CC(C)=CCC[C@](C)(O)[C@@H]1CC[C@]2(C)[C@@H]1[C@H](O)C[C@@H]1[C@@]3(C)CC[C@H](O)C(C)(C)[C@@H]3[C@H](O[C@@H]3O[C@H](CO)[C@@H](O)[C@H](O)[C@H]3O[C@H]3OC[C@H](O)[C@@H](O)[C@@H]3O)C[C@]12C. The highest BCUT2D eigenvalue weighted by molar-refractivity contribution is 5.22. The predicted octanol–water partition coefficient (Wildman–Crippen LogP) is 1.76. The summed E-state index contributed by atoms with van der Waals surface area (Å²) in [6.07, 6.45) is -7.90. The van der Waals surface area contributed by atoms with E-state index in [4.69, 9.17) is 18.9 Å². The molecule has 54 heavy (non-hydrogen) atoms. The van der Waals surface area contributed by atoms with Crippen LogP contribution in [0.5, 0.6) is 0 Å². The molecule has 6 aliphatic rings. The summed E-state index contributed by atoms with van der Waals surface area (Å²) in [6.45, 7) is 16.0. The number of fused-ring (bicyclic) bond motifs is 5. The Morgan fingerprint density at radius 2 is 1.52 bits per heavy atom. The summed E-state index contributed by atoms with van der Waals surface area (Å²) in [5.41, 5.74) is -1.69. The van der Waals surface area contributed by atoms with E-state index >= 15 is 0 Å². The lowest BCUT2D eigenvalue weighted by Crippen LogP contribution is -2.71. The summed E-state index contributed by atoms with van der Waals surface area (Å²) in [6, 6.07) is 0. The molecule has 13 heteroatoms. The Hall–Kier alpha value is -0.780. The molecule has 4 saturated carbocycles. The van der Waals surface area contributed by atoms with Crippen LogP contribution in [0.25, 0.3) is 0 Å². The molecule has 0 aromatic carbocycles. The molecule has 0 aromatic heterocycles. The van der Waals surface area contributed by atoms with Crippen LogP contribution in [0.1, 0.15) is 107 Å². The minimum absolute atomic E-state index is 0.0443. The van der Waals surface area contributed by atoms with Gasteiger partial charge in [-0.15, -0.1) is 0 Å². The van der Waals surface area contributed by atoms with Crippen molar-refractivity contribution in [2.75, 3.05) is 13.2 Å². The Kier molecular flexibility index (Phi) is 12.0. The molecule has 6 rings (SSSR count). The number of hydrogen-bond acceptors (Lipinski definition) is 13. The summed E-state index contributed by atoms with van der Waals surface area (Å²) < 4.78 is 24.8. The van der Waals surface area contributed by atoms with Gasteiger partial charge in [0, 0.05) is 0 Å². The Balaban J connectivity index is 1.38. The molecular formula is C41H70O13. The lowest BCUT2D eigenvalue weighted by atomic mass is 9.34. The Morgan fingerprint density at radius 1 is 0.833 bits per heavy atom. The lowest BCUT2D eigenvalue weighted by Gasteiger charge is -2.72. The van der Waals surface area contributed by atoms with Gasteiger partial charge in [0.1, 0.15) is 42.7 Å². The molecule has 2 heterocycles. The normalized spacial score (nSPS) is 52.8. The van der Waals surface area contributed by atoms with Crippen LogP contribution in [-0.4, -0.2) is 138 Å². The van der Waals surface area contributed by atoms with Crippen molar-refractivity contribution in [3.05, 3.63) is 11.6 Å². The van der Waals surface area contributed by atoms with Crippen LogP contribution in [0.4, 0.5) is 0 Å². The van der Waals surface area contributed by atoms with E-state index in [-0.39, 0.29) is 30.3 Å². The maximum atomic E-state index is 12.2. The van der Waals surface area contributed by atoms with Gasteiger partial charge in [0.05, 0.1) is 37.1 Å². The maximum absolute atomic E-state index is 12.2. The van der Waals surface area contributed by atoms with Gasteiger partial charge in [-0.05, 0) is 117 Å². The second-order valence-electron chi connectivity index (χ2n) is 19.8. The first-order valence-electron chi connectivity index (χ1n) is 20.4. The number of aliphatic hydroxyl groups excluding tert-OH is 8. The minimum atomic E-state index is -1.68. The minimum Gasteiger partial charge on any atom is -0.394 e. The van der Waals surface area contributed by atoms with Gasteiger partial charge in [-0.2, -0.15) is 0 Å². The van der Waals surface area contributed by atoms with Crippen LogP contribution < -0.4 is 0 Å². The summed E-state index contributed by atoms with van der Waals surface area (Å²) in [7, 11) is 0. The molecule has 0 aromatic rings. The average Bonchev–Trinajstić information content (AvgIpc) is 3.48. The van der Waals surface area contributed by atoms with Gasteiger partial charge in [0.15, 0.2) is 12.6 Å². The zero-order valence-electron chi connectivity index (χ0n) is 33.5. The van der Waals surface area contributed by atoms with Crippen LogP contribution in [0, 0.1) is 45.3 Å². The van der Waals surface area contributed by atoms with E-state index in [0.29, 0.717) is 32.1 Å². The third kappa shape index (κ3) is 6.86. The van der Waals surface area contributed by atoms with Gasteiger partial charge >= 0.3 is 0 Å².